The molecule has 0 fully saturated rings. The summed E-state index contributed by atoms with van der Waals surface area (Å²) in [5.41, 5.74) is 4.30. The summed E-state index contributed by atoms with van der Waals surface area (Å²) in [6, 6.07) is 18.6. The third-order valence-electron chi connectivity index (χ3n) is 6.80. The van der Waals surface area contributed by atoms with E-state index in [0.29, 0.717) is 5.92 Å². The minimum atomic E-state index is -0.256. The SMILES string of the molecule is COC(=O)Cc1[nH]c2ccccc2c1CCN(Cc1ccccc1)[C@H]1C=CC[C@@H](C)[C@@H]1C=O. The first kappa shape index (κ1) is 23.0. The van der Waals surface area contributed by atoms with Gasteiger partial charge in [0, 0.05) is 41.6 Å². The summed E-state index contributed by atoms with van der Waals surface area (Å²) in [5.74, 6) is 0.0315. The van der Waals surface area contributed by atoms with Crippen molar-refractivity contribution >= 4 is 23.2 Å². The molecule has 2 aromatic carbocycles. The van der Waals surface area contributed by atoms with E-state index in [9.17, 15) is 9.59 Å². The number of rotatable bonds is 9. The Labute approximate surface area is 195 Å². The molecule has 0 amide bonds. The van der Waals surface area contributed by atoms with E-state index in [4.69, 9.17) is 4.74 Å². The van der Waals surface area contributed by atoms with Gasteiger partial charge in [-0.3, -0.25) is 9.69 Å². The number of H-pyrrole nitrogens is 1. The van der Waals surface area contributed by atoms with Crippen LogP contribution in [0.2, 0.25) is 0 Å². The number of para-hydroxylation sites is 1. The number of aromatic nitrogens is 1. The topological polar surface area (TPSA) is 62.4 Å². The van der Waals surface area contributed by atoms with Crippen molar-refractivity contribution in [3.63, 3.8) is 0 Å². The molecule has 5 nitrogen and oxygen atoms in total. The van der Waals surface area contributed by atoms with E-state index in [1.807, 2.05) is 24.3 Å². The van der Waals surface area contributed by atoms with E-state index in [2.05, 4.69) is 59.3 Å². The lowest BCUT2D eigenvalue weighted by atomic mass is 9.81. The molecule has 1 N–H and O–H groups in total. The van der Waals surface area contributed by atoms with Gasteiger partial charge in [-0.2, -0.15) is 0 Å². The van der Waals surface area contributed by atoms with Crippen LogP contribution >= 0.6 is 0 Å². The molecule has 1 heterocycles. The Hall–Kier alpha value is -3.18. The maximum atomic E-state index is 12.1. The summed E-state index contributed by atoms with van der Waals surface area (Å²) < 4.78 is 4.93. The second-order valence-corrected chi connectivity index (χ2v) is 8.93. The predicted octanol–water partition coefficient (Wildman–Crippen LogP) is 4.71. The van der Waals surface area contributed by atoms with Gasteiger partial charge in [-0.1, -0.05) is 67.6 Å². The first-order valence-corrected chi connectivity index (χ1v) is 11.7. The molecule has 0 bridgehead atoms. The fraction of sp³-hybridized carbons (Fsp3) is 0.357. The van der Waals surface area contributed by atoms with E-state index in [1.165, 1.54) is 12.7 Å². The predicted molar refractivity (Wildman–Crippen MR) is 131 cm³/mol. The Balaban J connectivity index is 1.64. The molecule has 3 aromatic rings. The summed E-state index contributed by atoms with van der Waals surface area (Å²) in [6.07, 6.45) is 7.47. The van der Waals surface area contributed by atoms with Gasteiger partial charge in [0.25, 0.3) is 0 Å². The second-order valence-electron chi connectivity index (χ2n) is 8.93. The van der Waals surface area contributed by atoms with Crippen LogP contribution in [-0.2, 0) is 33.7 Å². The summed E-state index contributed by atoms with van der Waals surface area (Å²) >= 11 is 0. The van der Waals surface area contributed by atoms with Crippen molar-refractivity contribution < 1.29 is 14.3 Å². The van der Waals surface area contributed by atoms with Gasteiger partial charge in [0.15, 0.2) is 0 Å². The highest BCUT2D eigenvalue weighted by atomic mass is 16.5. The van der Waals surface area contributed by atoms with Crippen molar-refractivity contribution in [1.82, 2.24) is 9.88 Å². The molecule has 172 valence electrons. The van der Waals surface area contributed by atoms with Crippen LogP contribution in [0, 0.1) is 11.8 Å². The van der Waals surface area contributed by atoms with Crippen molar-refractivity contribution in [2.24, 2.45) is 11.8 Å². The number of allylic oxidation sites excluding steroid dienone is 1. The zero-order chi connectivity index (χ0) is 23.2. The van der Waals surface area contributed by atoms with Crippen LogP contribution in [0.3, 0.4) is 0 Å². The fourth-order valence-corrected chi connectivity index (χ4v) is 4.95. The van der Waals surface area contributed by atoms with Gasteiger partial charge in [-0.05, 0) is 36.0 Å². The molecular weight excluding hydrogens is 412 g/mol. The van der Waals surface area contributed by atoms with Crippen LogP contribution in [-0.4, -0.2) is 41.8 Å². The van der Waals surface area contributed by atoms with Crippen molar-refractivity contribution in [2.75, 3.05) is 13.7 Å². The summed E-state index contributed by atoms with van der Waals surface area (Å²) in [4.78, 5) is 29.9. The lowest BCUT2D eigenvalue weighted by molar-refractivity contribution is -0.139. The van der Waals surface area contributed by atoms with Crippen molar-refractivity contribution in [1.29, 1.82) is 0 Å². The Kier molecular flexibility index (Phi) is 7.40. The molecule has 0 radical (unpaired) electrons. The molecule has 0 unspecified atom stereocenters. The van der Waals surface area contributed by atoms with Gasteiger partial charge >= 0.3 is 5.97 Å². The number of hydrogen-bond donors (Lipinski definition) is 1. The van der Waals surface area contributed by atoms with Crippen molar-refractivity contribution in [2.45, 2.75) is 38.8 Å². The zero-order valence-corrected chi connectivity index (χ0v) is 19.4. The number of aldehydes is 1. The highest BCUT2D eigenvalue weighted by molar-refractivity contribution is 5.86. The summed E-state index contributed by atoms with van der Waals surface area (Å²) in [6.45, 7) is 3.70. The molecule has 0 saturated carbocycles. The van der Waals surface area contributed by atoms with Gasteiger partial charge in [0.2, 0.25) is 0 Å². The maximum absolute atomic E-state index is 12.1. The Morgan fingerprint density at radius 2 is 1.91 bits per heavy atom. The van der Waals surface area contributed by atoms with Crippen LogP contribution in [0.15, 0.2) is 66.7 Å². The number of aromatic amines is 1. The van der Waals surface area contributed by atoms with E-state index < -0.39 is 0 Å². The molecule has 4 rings (SSSR count). The number of ether oxygens (including phenoxy) is 1. The third kappa shape index (κ3) is 5.25. The first-order valence-electron chi connectivity index (χ1n) is 11.7. The minimum absolute atomic E-state index is 0.0313. The normalized spacial score (nSPS) is 20.3. The summed E-state index contributed by atoms with van der Waals surface area (Å²) in [5, 5.41) is 1.13. The smallest absolute Gasteiger partial charge is 0.311 e. The number of carbonyl (C=O) groups is 2. The first-order chi connectivity index (χ1) is 16.1. The van der Waals surface area contributed by atoms with E-state index in [-0.39, 0.29) is 24.3 Å². The molecular formula is C28H32N2O3. The standard InChI is InChI=1S/C28H32N2O3/c1-20-9-8-14-27(24(20)19-31)30(18-21-10-4-3-5-11-21)16-15-23-22-12-6-7-13-25(22)29-26(23)17-28(32)33-2/h3-8,10-14,19-20,24,27,29H,9,15-18H2,1-2H3/t20-,24+,27+/m1/s1. The molecule has 0 saturated heterocycles. The quantitative estimate of drug-likeness (QED) is 0.295. The highest BCUT2D eigenvalue weighted by Crippen LogP contribution is 2.30. The van der Waals surface area contributed by atoms with Gasteiger partial charge in [-0.25, -0.2) is 0 Å². The maximum Gasteiger partial charge on any atom is 0.311 e. The number of esters is 1. The largest absolute Gasteiger partial charge is 0.469 e. The number of carbonyl (C=O) groups excluding carboxylic acids is 2. The van der Waals surface area contributed by atoms with Gasteiger partial charge in [-0.15, -0.1) is 0 Å². The third-order valence-corrected chi connectivity index (χ3v) is 6.80. The molecule has 5 heteroatoms. The molecule has 3 atom stereocenters. The highest BCUT2D eigenvalue weighted by Gasteiger charge is 2.32. The number of nitrogens with one attached hydrogen (secondary N) is 1. The lowest BCUT2D eigenvalue weighted by Crippen LogP contribution is -2.44. The number of methoxy groups -OCH3 is 1. The lowest BCUT2D eigenvalue weighted by Gasteiger charge is -2.38. The van der Waals surface area contributed by atoms with Crippen LogP contribution < -0.4 is 0 Å². The minimum Gasteiger partial charge on any atom is -0.469 e. The van der Waals surface area contributed by atoms with E-state index in [0.717, 1.165) is 54.4 Å². The average molecular weight is 445 g/mol. The average Bonchev–Trinajstić information content (AvgIpc) is 3.19. The van der Waals surface area contributed by atoms with Crippen LogP contribution in [0.25, 0.3) is 10.9 Å². The van der Waals surface area contributed by atoms with Gasteiger partial charge in [0.05, 0.1) is 13.5 Å². The number of benzene rings is 2. The number of fused-ring (bicyclic) bond motifs is 1. The molecule has 1 aliphatic rings. The second kappa shape index (κ2) is 10.6. The number of hydrogen-bond acceptors (Lipinski definition) is 4. The van der Waals surface area contributed by atoms with Gasteiger partial charge < -0.3 is 14.5 Å². The number of nitrogens with zero attached hydrogens (tertiary/aromatic N) is 1. The Morgan fingerprint density at radius 1 is 1.15 bits per heavy atom. The molecule has 33 heavy (non-hydrogen) atoms. The van der Waals surface area contributed by atoms with Crippen molar-refractivity contribution in [3.05, 3.63) is 83.6 Å². The fourth-order valence-electron chi connectivity index (χ4n) is 4.95. The van der Waals surface area contributed by atoms with Crippen LogP contribution in [0.4, 0.5) is 0 Å². The van der Waals surface area contributed by atoms with Crippen LogP contribution in [0.1, 0.15) is 30.2 Å². The molecule has 1 aromatic heterocycles. The van der Waals surface area contributed by atoms with Crippen LogP contribution in [0.5, 0.6) is 0 Å². The zero-order valence-electron chi connectivity index (χ0n) is 19.4. The van der Waals surface area contributed by atoms with Crippen molar-refractivity contribution in [3.8, 4) is 0 Å². The van der Waals surface area contributed by atoms with Gasteiger partial charge in [0.1, 0.15) is 6.29 Å². The Morgan fingerprint density at radius 3 is 2.67 bits per heavy atom. The van der Waals surface area contributed by atoms with E-state index >= 15 is 0 Å². The molecule has 0 spiro atoms. The Bertz CT molecular complexity index is 1120. The van der Waals surface area contributed by atoms with E-state index in [1.54, 1.807) is 0 Å². The summed E-state index contributed by atoms with van der Waals surface area (Å²) in [7, 11) is 1.42. The molecule has 1 aliphatic carbocycles. The monoisotopic (exact) mass is 444 g/mol. The molecule has 0 aliphatic heterocycles.